The molecule has 0 radical (unpaired) electrons. The van der Waals surface area contributed by atoms with Crippen molar-refractivity contribution in [2.45, 2.75) is 59.1 Å². The maximum Gasteiger partial charge on any atom is 0.410 e. The Morgan fingerprint density at radius 3 is 2.30 bits per heavy atom. The molecule has 1 aromatic heterocycles. The van der Waals surface area contributed by atoms with Crippen LogP contribution in [0.5, 0.6) is 5.75 Å². The Balaban J connectivity index is 2.65. The van der Waals surface area contributed by atoms with E-state index in [9.17, 15) is 19.2 Å². The van der Waals surface area contributed by atoms with Gasteiger partial charge < -0.3 is 28.4 Å². The zero-order chi connectivity index (χ0) is 24.9. The van der Waals surface area contributed by atoms with Gasteiger partial charge in [-0.25, -0.2) is 14.4 Å². The summed E-state index contributed by atoms with van der Waals surface area (Å²) in [5.74, 6) is -1.75. The number of hydrogen-bond donors (Lipinski definition) is 0. The second-order valence-corrected chi connectivity index (χ2v) is 9.09. The molecule has 1 amide bonds. The number of rotatable bonds is 5. The summed E-state index contributed by atoms with van der Waals surface area (Å²) in [4.78, 5) is 52.5. The number of amides is 1. The zero-order valence-electron chi connectivity index (χ0n) is 20.4. The molecule has 2 rings (SSSR count). The quantitative estimate of drug-likeness (QED) is 0.481. The van der Waals surface area contributed by atoms with Crippen LogP contribution in [-0.4, -0.2) is 67.0 Å². The predicted molar refractivity (Wildman–Crippen MR) is 120 cm³/mol. The highest BCUT2D eigenvalue weighted by Crippen LogP contribution is 2.29. The van der Waals surface area contributed by atoms with Gasteiger partial charge in [0, 0.05) is 19.3 Å². The van der Waals surface area contributed by atoms with Crippen molar-refractivity contribution >= 4 is 18.0 Å². The Morgan fingerprint density at radius 1 is 1.09 bits per heavy atom. The first-order valence-corrected chi connectivity index (χ1v) is 11.0. The minimum Gasteiger partial charge on any atom is -0.491 e. The van der Waals surface area contributed by atoms with Crippen LogP contribution >= 0.6 is 0 Å². The summed E-state index contributed by atoms with van der Waals surface area (Å²) in [6, 6.07) is -0.445. The molecule has 0 bridgehead atoms. The minimum atomic E-state index is -0.853. The van der Waals surface area contributed by atoms with Crippen LogP contribution in [0, 0.1) is 5.92 Å². The van der Waals surface area contributed by atoms with Gasteiger partial charge in [-0.15, -0.1) is 0 Å². The summed E-state index contributed by atoms with van der Waals surface area (Å²) in [6.45, 7) is 9.80. The van der Waals surface area contributed by atoms with Gasteiger partial charge in [0.2, 0.25) is 5.43 Å². The van der Waals surface area contributed by atoms with Crippen molar-refractivity contribution in [2.24, 2.45) is 5.92 Å². The fraction of sp³-hybridized carbons (Fsp3) is 0.652. The van der Waals surface area contributed by atoms with Gasteiger partial charge >= 0.3 is 18.0 Å². The minimum absolute atomic E-state index is 0.0840. The number of esters is 2. The van der Waals surface area contributed by atoms with Gasteiger partial charge in [0.25, 0.3) is 0 Å². The molecular formula is C23H34N2O8. The second-order valence-electron chi connectivity index (χ2n) is 9.09. The van der Waals surface area contributed by atoms with E-state index in [1.54, 1.807) is 32.6 Å². The SMILES string of the molecule is CCOC(=O)c1c(OC)c(=O)c(C(=O)OC)cn1C1CCC(C)CN(C(=O)OC(C)(C)C)C1. The lowest BCUT2D eigenvalue weighted by atomic mass is 10.0. The molecule has 0 aliphatic carbocycles. The first-order chi connectivity index (χ1) is 15.4. The first kappa shape index (κ1) is 26.2. The van der Waals surface area contributed by atoms with E-state index in [0.717, 1.165) is 13.5 Å². The average Bonchev–Trinajstić information content (AvgIpc) is 2.93. The standard InChI is InChI=1S/C23H34N2O8/c1-8-32-21(28)17-19(30-6)18(26)16(20(27)31-7)13-25(17)15-10-9-14(2)11-24(12-15)22(29)33-23(3,4)5/h13-15H,8-12H2,1-7H3. The van der Waals surface area contributed by atoms with Crippen LogP contribution < -0.4 is 10.2 Å². The lowest BCUT2D eigenvalue weighted by Crippen LogP contribution is -2.41. The van der Waals surface area contributed by atoms with Crippen LogP contribution in [0.15, 0.2) is 11.0 Å². The highest BCUT2D eigenvalue weighted by Gasteiger charge is 2.34. The number of carbonyl (C=O) groups is 3. The molecule has 10 nitrogen and oxygen atoms in total. The topological polar surface area (TPSA) is 113 Å². The van der Waals surface area contributed by atoms with Crippen molar-refractivity contribution in [3.05, 3.63) is 27.7 Å². The van der Waals surface area contributed by atoms with Gasteiger partial charge in [-0.1, -0.05) is 6.92 Å². The summed E-state index contributed by atoms with van der Waals surface area (Å²) in [5, 5.41) is 0. The van der Waals surface area contributed by atoms with E-state index in [0.29, 0.717) is 13.0 Å². The fourth-order valence-corrected chi connectivity index (χ4v) is 3.81. The molecule has 184 valence electrons. The Hall–Kier alpha value is -3.04. The van der Waals surface area contributed by atoms with Gasteiger partial charge in [-0.3, -0.25) is 4.79 Å². The molecule has 10 heteroatoms. The second kappa shape index (κ2) is 10.7. The van der Waals surface area contributed by atoms with Gasteiger partial charge in [0.05, 0.1) is 26.9 Å². The normalized spacial score (nSPS) is 18.8. The smallest absolute Gasteiger partial charge is 0.410 e. The van der Waals surface area contributed by atoms with Crippen LogP contribution in [0.25, 0.3) is 0 Å². The van der Waals surface area contributed by atoms with Crippen LogP contribution in [0.3, 0.4) is 0 Å². The number of carbonyl (C=O) groups excluding carboxylic acids is 3. The van der Waals surface area contributed by atoms with Crippen LogP contribution in [0.4, 0.5) is 4.79 Å². The molecule has 0 aromatic carbocycles. The number of ether oxygens (including phenoxy) is 4. The molecule has 0 saturated carbocycles. The number of nitrogens with zero attached hydrogens (tertiary/aromatic N) is 2. The van der Waals surface area contributed by atoms with Crippen molar-refractivity contribution in [2.75, 3.05) is 33.9 Å². The third-order valence-corrected chi connectivity index (χ3v) is 5.27. The van der Waals surface area contributed by atoms with Crippen LogP contribution in [0.2, 0.25) is 0 Å². The van der Waals surface area contributed by atoms with E-state index in [4.69, 9.17) is 18.9 Å². The molecule has 33 heavy (non-hydrogen) atoms. The van der Waals surface area contributed by atoms with E-state index in [-0.39, 0.29) is 36.1 Å². The Morgan fingerprint density at radius 2 is 1.76 bits per heavy atom. The number of aromatic nitrogens is 1. The average molecular weight is 467 g/mol. The summed E-state index contributed by atoms with van der Waals surface area (Å²) in [5.41, 5.74) is -1.82. The lowest BCUT2D eigenvalue weighted by Gasteiger charge is -2.30. The van der Waals surface area contributed by atoms with E-state index in [2.05, 4.69) is 0 Å². The number of likely N-dealkylation sites (tertiary alicyclic amines) is 1. The van der Waals surface area contributed by atoms with Crippen LogP contribution in [0.1, 0.15) is 74.3 Å². The van der Waals surface area contributed by atoms with Gasteiger partial charge in [-0.05, 0) is 46.5 Å². The third-order valence-electron chi connectivity index (χ3n) is 5.27. The molecule has 2 unspecified atom stereocenters. The van der Waals surface area contributed by atoms with Crippen molar-refractivity contribution in [3.63, 3.8) is 0 Å². The van der Waals surface area contributed by atoms with Crippen molar-refractivity contribution < 1.29 is 33.3 Å². The van der Waals surface area contributed by atoms with Crippen molar-refractivity contribution in [1.29, 1.82) is 0 Å². The number of hydrogen-bond acceptors (Lipinski definition) is 8. The fourth-order valence-electron chi connectivity index (χ4n) is 3.81. The Kier molecular flexibility index (Phi) is 8.51. The predicted octanol–water partition coefficient (Wildman–Crippen LogP) is 3.03. The van der Waals surface area contributed by atoms with Gasteiger partial charge in [0.15, 0.2) is 11.4 Å². The molecular weight excluding hydrogens is 432 g/mol. The van der Waals surface area contributed by atoms with E-state index in [1.807, 2.05) is 6.92 Å². The summed E-state index contributed by atoms with van der Waals surface area (Å²) in [7, 11) is 2.41. The molecule has 1 aliphatic rings. The Bertz CT molecular complexity index is 947. The molecule has 1 saturated heterocycles. The highest BCUT2D eigenvalue weighted by molar-refractivity contribution is 5.94. The summed E-state index contributed by atoms with van der Waals surface area (Å²) >= 11 is 0. The monoisotopic (exact) mass is 466 g/mol. The van der Waals surface area contributed by atoms with E-state index in [1.165, 1.54) is 17.9 Å². The molecule has 1 aliphatic heterocycles. The number of pyridine rings is 1. The van der Waals surface area contributed by atoms with Crippen molar-refractivity contribution in [1.82, 2.24) is 9.47 Å². The first-order valence-electron chi connectivity index (χ1n) is 11.0. The van der Waals surface area contributed by atoms with Crippen LogP contribution in [-0.2, 0) is 14.2 Å². The third kappa shape index (κ3) is 6.27. The van der Waals surface area contributed by atoms with Gasteiger partial charge in [0.1, 0.15) is 11.2 Å². The van der Waals surface area contributed by atoms with E-state index >= 15 is 0 Å². The van der Waals surface area contributed by atoms with Gasteiger partial charge in [-0.2, -0.15) is 0 Å². The summed E-state index contributed by atoms with van der Waals surface area (Å²) in [6.07, 6.45) is 2.14. The lowest BCUT2D eigenvalue weighted by molar-refractivity contribution is 0.0217. The van der Waals surface area contributed by atoms with E-state index < -0.39 is 35.1 Å². The zero-order valence-corrected chi connectivity index (χ0v) is 20.4. The molecule has 1 aromatic rings. The molecule has 0 spiro atoms. The largest absolute Gasteiger partial charge is 0.491 e. The maximum absolute atomic E-state index is 12.9. The molecule has 2 atom stereocenters. The molecule has 2 heterocycles. The molecule has 1 fully saturated rings. The van der Waals surface area contributed by atoms with Crippen molar-refractivity contribution in [3.8, 4) is 5.75 Å². The number of methoxy groups -OCH3 is 2. The summed E-state index contributed by atoms with van der Waals surface area (Å²) < 4.78 is 22.2. The Labute approximate surface area is 193 Å². The highest BCUT2D eigenvalue weighted by atomic mass is 16.6. The molecule has 0 N–H and O–H groups in total. The maximum atomic E-state index is 12.9.